The second-order valence-corrected chi connectivity index (χ2v) is 5.50. The van der Waals surface area contributed by atoms with E-state index in [9.17, 15) is 0 Å². The van der Waals surface area contributed by atoms with Gasteiger partial charge in [-0.15, -0.1) is 0 Å². The summed E-state index contributed by atoms with van der Waals surface area (Å²) >= 11 is 0. The minimum absolute atomic E-state index is 0.736. The van der Waals surface area contributed by atoms with Gasteiger partial charge in [0.2, 0.25) is 0 Å². The molecule has 0 radical (unpaired) electrons. The quantitative estimate of drug-likeness (QED) is 0.864. The second kappa shape index (κ2) is 6.34. The van der Waals surface area contributed by atoms with Crippen molar-refractivity contribution in [2.24, 2.45) is 7.05 Å². The summed E-state index contributed by atoms with van der Waals surface area (Å²) in [5, 5.41) is 7.80. The third kappa shape index (κ3) is 3.56. The van der Waals surface area contributed by atoms with Gasteiger partial charge in [-0.05, 0) is 39.3 Å². The Labute approximate surface area is 110 Å². The molecule has 1 aromatic rings. The number of nitrogens with zero attached hydrogens (tertiary/aromatic N) is 3. The Hall–Kier alpha value is -0.870. The fraction of sp³-hybridized carbons (Fsp3) is 0.786. The summed E-state index contributed by atoms with van der Waals surface area (Å²) < 4.78 is 1.88. The number of hydrogen-bond donors (Lipinski definition) is 1. The first-order valence-corrected chi connectivity index (χ1v) is 7.10. The molecule has 0 amide bonds. The normalized spacial score (nSPS) is 24.7. The molecule has 0 saturated heterocycles. The molecule has 102 valence electrons. The van der Waals surface area contributed by atoms with E-state index in [1.807, 2.05) is 17.9 Å². The van der Waals surface area contributed by atoms with E-state index >= 15 is 0 Å². The first kappa shape index (κ1) is 13.6. The molecule has 0 spiro atoms. The second-order valence-electron chi connectivity index (χ2n) is 5.50. The zero-order valence-electron chi connectivity index (χ0n) is 11.9. The molecule has 1 heterocycles. The van der Waals surface area contributed by atoms with Crippen molar-refractivity contribution in [1.82, 2.24) is 20.0 Å². The smallest absolute Gasteiger partial charge is 0.0534 e. The van der Waals surface area contributed by atoms with Crippen LogP contribution in [0.5, 0.6) is 0 Å². The summed E-state index contributed by atoms with van der Waals surface area (Å²) in [6.07, 6.45) is 9.34. The number of aromatic nitrogens is 2. The third-order valence-corrected chi connectivity index (χ3v) is 4.00. The van der Waals surface area contributed by atoms with Crippen LogP contribution in [0, 0.1) is 0 Å². The van der Waals surface area contributed by atoms with E-state index in [1.165, 1.54) is 31.2 Å². The van der Waals surface area contributed by atoms with Crippen molar-refractivity contribution in [3.63, 3.8) is 0 Å². The van der Waals surface area contributed by atoms with Gasteiger partial charge in [0.15, 0.2) is 0 Å². The van der Waals surface area contributed by atoms with E-state index in [4.69, 9.17) is 0 Å². The molecule has 0 atom stereocenters. The van der Waals surface area contributed by atoms with Crippen molar-refractivity contribution < 1.29 is 0 Å². The van der Waals surface area contributed by atoms with Crippen LogP contribution in [0.25, 0.3) is 0 Å². The van der Waals surface area contributed by atoms with Gasteiger partial charge in [0.05, 0.1) is 6.20 Å². The Morgan fingerprint density at radius 3 is 2.67 bits per heavy atom. The molecular formula is C14H26N4. The van der Waals surface area contributed by atoms with Gasteiger partial charge in [-0.1, -0.05) is 6.92 Å². The van der Waals surface area contributed by atoms with Gasteiger partial charge in [-0.25, -0.2) is 0 Å². The van der Waals surface area contributed by atoms with Gasteiger partial charge >= 0.3 is 0 Å². The van der Waals surface area contributed by atoms with Crippen LogP contribution in [0.2, 0.25) is 0 Å². The Morgan fingerprint density at radius 2 is 2.11 bits per heavy atom. The molecule has 4 nitrogen and oxygen atoms in total. The molecule has 18 heavy (non-hydrogen) atoms. The molecule has 1 aliphatic rings. The average molecular weight is 250 g/mol. The SMILES string of the molecule is CCNC1CCC(N(C)Cc2cnn(C)c2)CC1. The van der Waals surface area contributed by atoms with Crippen LogP contribution in [0.3, 0.4) is 0 Å². The minimum Gasteiger partial charge on any atom is -0.314 e. The number of nitrogens with one attached hydrogen (secondary N) is 1. The summed E-state index contributed by atoms with van der Waals surface area (Å²) in [6, 6.07) is 1.48. The minimum atomic E-state index is 0.736. The Morgan fingerprint density at radius 1 is 1.39 bits per heavy atom. The highest BCUT2D eigenvalue weighted by Crippen LogP contribution is 2.23. The maximum atomic E-state index is 4.23. The highest BCUT2D eigenvalue weighted by Gasteiger charge is 2.23. The molecule has 1 aliphatic carbocycles. The molecule has 1 aromatic heterocycles. The van der Waals surface area contributed by atoms with Crippen molar-refractivity contribution >= 4 is 0 Å². The van der Waals surface area contributed by atoms with Crippen LogP contribution >= 0.6 is 0 Å². The average Bonchev–Trinajstić information content (AvgIpc) is 2.76. The summed E-state index contributed by atoms with van der Waals surface area (Å²) in [6.45, 7) is 4.31. The van der Waals surface area contributed by atoms with Gasteiger partial charge in [-0.3, -0.25) is 9.58 Å². The zero-order chi connectivity index (χ0) is 13.0. The maximum absolute atomic E-state index is 4.23. The predicted molar refractivity (Wildman–Crippen MR) is 74.4 cm³/mol. The van der Waals surface area contributed by atoms with E-state index in [2.05, 4.69) is 35.5 Å². The fourth-order valence-electron chi connectivity index (χ4n) is 2.98. The van der Waals surface area contributed by atoms with Crippen molar-refractivity contribution in [1.29, 1.82) is 0 Å². The first-order valence-electron chi connectivity index (χ1n) is 7.10. The molecule has 1 fully saturated rings. The van der Waals surface area contributed by atoms with Crippen LogP contribution in [0.1, 0.15) is 38.2 Å². The Bertz CT molecular complexity index is 352. The van der Waals surface area contributed by atoms with Gasteiger partial charge < -0.3 is 5.32 Å². The molecule has 0 aliphatic heterocycles. The monoisotopic (exact) mass is 250 g/mol. The van der Waals surface area contributed by atoms with Gasteiger partial charge in [0.1, 0.15) is 0 Å². The molecule has 0 unspecified atom stereocenters. The van der Waals surface area contributed by atoms with Crippen LogP contribution in [0.15, 0.2) is 12.4 Å². The Balaban J connectivity index is 1.78. The van der Waals surface area contributed by atoms with E-state index < -0.39 is 0 Å². The summed E-state index contributed by atoms with van der Waals surface area (Å²) in [5.74, 6) is 0. The molecule has 0 aromatic carbocycles. The van der Waals surface area contributed by atoms with Gasteiger partial charge in [-0.2, -0.15) is 5.10 Å². The summed E-state index contributed by atoms with van der Waals surface area (Å²) in [5.41, 5.74) is 1.31. The molecule has 1 N–H and O–H groups in total. The largest absolute Gasteiger partial charge is 0.314 e. The lowest BCUT2D eigenvalue weighted by Crippen LogP contribution is -2.40. The molecule has 0 bridgehead atoms. The molecule has 1 saturated carbocycles. The highest BCUT2D eigenvalue weighted by molar-refractivity contribution is 5.03. The number of hydrogen-bond acceptors (Lipinski definition) is 3. The van der Waals surface area contributed by atoms with Crippen LogP contribution in [-0.4, -0.2) is 40.4 Å². The van der Waals surface area contributed by atoms with Crippen LogP contribution < -0.4 is 5.32 Å². The number of rotatable bonds is 5. The standard InChI is InChI=1S/C14H26N4/c1-4-15-13-5-7-14(8-6-13)17(2)10-12-9-16-18(3)11-12/h9,11,13-15H,4-8,10H2,1-3H3. The van der Waals surface area contributed by atoms with E-state index in [-0.39, 0.29) is 0 Å². The van der Waals surface area contributed by atoms with E-state index in [1.54, 1.807) is 0 Å². The maximum Gasteiger partial charge on any atom is 0.0534 e. The topological polar surface area (TPSA) is 33.1 Å². The van der Waals surface area contributed by atoms with Crippen molar-refractivity contribution in [3.05, 3.63) is 18.0 Å². The third-order valence-electron chi connectivity index (χ3n) is 4.00. The lowest BCUT2D eigenvalue weighted by molar-refractivity contribution is 0.168. The molecule has 4 heteroatoms. The van der Waals surface area contributed by atoms with Crippen molar-refractivity contribution in [2.75, 3.05) is 13.6 Å². The summed E-state index contributed by atoms with van der Waals surface area (Å²) in [4.78, 5) is 2.49. The highest BCUT2D eigenvalue weighted by atomic mass is 15.2. The summed E-state index contributed by atoms with van der Waals surface area (Å²) in [7, 11) is 4.22. The van der Waals surface area contributed by atoms with Crippen LogP contribution in [-0.2, 0) is 13.6 Å². The first-order chi connectivity index (χ1) is 8.69. The lowest BCUT2D eigenvalue weighted by atomic mass is 9.90. The van der Waals surface area contributed by atoms with Crippen molar-refractivity contribution in [2.45, 2.75) is 51.2 Å². The van der Waals surface area contributed by atoms with Crippen LogP contribution in [0.4, 0.5) is 0 Å². The van der Waals surface area contributed by atoms with E-state index in [0.29, 0.717) is 0 Å². The van der Waals surface area contributed by atoms with Gasteiger partial charge in [0.25, 0.3) is 0 Å². The number of aryl methyl sites for hydroxylation is 1. The Kier molecular flexibility index (Phi) is 4.78. The molecular weight excluding hydrogens is 224 g/mol. The fourth-order valence-corrected chi connectivity index (χ4v) is 2.98. The van der Waals surface area contributed by atoms with E-state index in [0.717, 1.165) is 25.2 Å². The lowest BCUT2D eigenvalue weighted by Gasteiger charge is -2.34. The molecule has 2 rings (SSSR count). The van der Waals surface area contributed by atoms with Crippen molar-refractivity contribution in [3.8, 4) is 0 Å². The predicted octanol–water partition coefficient (Wildman–Crippen LogP) is 1.77. The zero-order valence-corrected chi connectivity index (χ0v) is 11.9. The van der Waals surface area contributed by atoms with Gasteiger partial charge in [0, 0.05) is 37.4 Å².